The second kappa shape index (κ2) is 12.2. The minimum absolute atomic E-state index is 0.00580. The molecule has 0 bridgehead atoms. The van der Waals surface area contributed by atoms with Gasteiger partial charge in [0.2, 0.25) is 21.9 Å². The van der Waals surface area contributed by atoms with Crippen molar-refractivity contribution in [1.82, 2.24) is 20.3 Å². The number of nitrogens with two attached hydrogens (primary N) is 1. The first-order valence-corrected chi connectivity index (χ1v) is 15.9. The average molecular weight is 647 g/mol. The maximum Gasteiger partial charge on any atom is 0.433 e. The first kappa shape index (κ1) is 31.5. The SMILES string of the molecule is Cc1cc(Nc2nccc(C(F)(F)F)n2)cc(-c2cnc([C@]3(O)CC[C@H](C(=O)NCc4ccc(S(N)(=O)=O)cc4)CC3)s2)c1. The minimum Gasteiger partial charge on any atom is -0.383 e. The summed E-state index contributed by atoms with van der Waals surface area (Å²) in [5, 5.41) is 22.8. The summed E-state index contributed by atoms with van der Waals surface area (Å²) in [6.07, 6.45) is -0.304. The molecule has 1 fully saturated rings. The number of sulfonamides is 1. The topological polar surface area (TPSA) is 160 Å². The summed E-state index contributed by atoms with van der Waals surface area (Å²) < 4.78 is 62.0. The van der Waals surface area contributed by atoms with Gasteiger partial charge in [-0.05, 0) is 79.6 Å². The van der Waals surface area contributed by atoms with Crippen LogP contribution in [-0.2, 0) is 33.1 Å². The Morgan fingerprint density at radius 2 is 1.82 bits per heavy atom. The number of halogens is 3. The third kappa shape index (κ3) is 7.41. The molecule has 1 aliphatic rings. The van der Waals surface area contributed by atoms with E-state index in [-0.39, 0.29) is 29.2 Å². The van der Waals surface area contributed by atoms with Crippen molar-refractivity contribution in [3.05, 3.63) is 82.8 Å². The summed E-state index contributed by atoms with van der Waals surface area (Å²) in [6, 6.07) is 12.2. The van der Waals surface area contributed by atoms with Crippen molar-refractivity contribution in [3.8, 4) is 10.4 Å². The fourth-order valence-electron chi connectivity index (χ4n) is 5.03. The molecule has 0 atom stereocenters. The quantitative estimate of drug-likeness (QED) is 0.208. The van der Waals surface area contributed by atoms with Crippen molar-refractivity contribution in [2.45, 2.75) is 55.8 Å². The molecule has 2 heterocycles. The smallest absolute Gasteiger partial charge is 0.383 e. The Morgan fingerprint density at radius 3 is 2.48 bits per heavy atom. The second-order valence-electron chi connectivity index (χ2n) is 10.7. The maximum atomic E-state index is 13.1. The van der Waals surface area contributed by atoms with Gasteiger partial charge in [0.15, 0.2) is 0 Å². The fourth-order valence-corrected chi connectivity index (χ4v) is 6.59. The van der Waals surface area contributed by atoms with Crippen LogP contribution in [0.3, 0.4) is 0 Å². The molecular formula is C29H29F3N6O4S2. The lowest BCUT2D eigenvalue weighted by molar-refractivity contribution is -0.141. The molecule has 0 unspecified atom stereocenters. The molecule has 0 spiro atoms. The molecule has 5 N–H and O–H groups in total. The van der Waals surface area contributed by atoms with E-state index in [9.17, 15) is 31.5 Å². The third-order valence-electron chi connectivity index (χ3n) is 7.37. The number of benzene rings is 2. The Bertz CT molecular complexity index is 1770. The van der Waals surface area contributed by atoms with Crippen LogP contribution in [0.5, 0.6) is 0 Å². The molecule has 0 aliphatic heterocycles. The number of amides is 1. The van der Waals surface area contributed by atoms with Crippen molar-refractivity contribution in [2.24, 2.45) is 11.1 Å². The van der Waals surface area contributed by atoms with Gasteiger partial charge in [-0.15, -0.1) is 11.3 Å². The predicted octanol–water partition coefficient (Wildman–Crippen LogP) is 5.01. The highest BCUT2D eigenvalue weighted by Gasteiger charge is 2.39. The molecule has 2 aromatic heterocycles. The molecule has 232 valence electrons. The molecule has 0 radical (unpaired) electrons. The van der Waals surface area contributed by atoms with Gasteiger partial charge in [-0.1, -0.05) is 18.2 Å². The third-order valence-corrected chi connectivity index (χ3v) is 9.54. The molecule has 4 aromatic rings. The number of aryl methyl sites for hydroxylation is 1. The van der Waals surface area contributed by atoms with Crippen LogP contribution < -0.4 is 15.8 Å². The van der Waals surface area contributed by atoms with Gasteiger partial charge in [0, 0.05) is 30.5 Å². The van der Waals surface area contributed by atoms with Crippen LogP contribution in [-0.4, -0.2) is 34.4 Å². The average Bonchev–Trinajstić information content (AvgIpc) is 3.47. The van der Waals surface area contributed by atoms with Crippen molar-refractivity contribution >= 4 is 38.9 Å². The number of thiazole rings is 1. The molecule has 1 amide bonds. The molecular weight excluding hydrogens is 617 g/mol. The van der Waals surface area contributed by atoms with Crippen molar-refractivity contribution < 1.29 is 31.5 Å². The first-order valence-electron chi connectivity index (χ1n) is 13.6. The summed E-state index contributed by atoms with van der Waals surface area (Å²) in [5.41, 5.74) is 0.590. The second-order valence-corrected chi connectivity index (χ2v) is 13.3. The monoisotopic (exact) mass is 646 g/mol. The summed E-state index contributed by atoms with van der Waals surface area (Å²) in [4.78, 5) is 25.5. The normalized spacial score (nSPS) is 19.0. The largest absolute Gasteiger partial charge is 0.433 e. The number of anilines is 2. The molecule has 10 nitrogen and oxygen atoms in total. The van der Waals surface area contributed by atoms with Crippen LogP contribution in [0.2, 0.25) is 0 Å². The minimum atomic E-state index is -4.59. The number of alkyl halides is 3. The van der Waals surface area contributed by atoms with E-state index in [1.54, 1.807) is 30.5 Å². The van der Waals surface area contributed by atoms with Gasteiger partial charge < -0.3 is 15.7 Å². The zero-order valence-corrected chi connectivity index (χ0v) is 25.1. The van der Waals surface area contributed by atoms with Gasteiger partial charge in [-0.2, -0.15) is 13.2 Å². The molecule has 2 aromatic carbocycles. The molecule has 1 aliphatic carbocycles. The number of carbonyl (C=O) groups is 1. The van der Waals surface area contributed by atoms with E-state index in [1.165, 1.54) is 23.5 Å². The Hall–Kier alpha value is -3.92. The summed E-state index contributed by atoms with van der Waals surface area (Å²) in [6.45, 7) is 2.08. The van der Waals surface area contributed by atoms with E-state index in [1.807, 2.05) is 13.0 Å². The van der Waals surface area contributed by atoms with Gasteiger partial charge in [0.05, 0.1) is 9.77 Å². The Kier molecular flexibility index (Phi) is 8.75. The van der Waals surface area contributed by atoms with E-state index in [2.05, 4.69) is 25.6 Å². The molecule has 44 heavy (non-hydrogen) atoms. The zero-order chi connectivity index (χ0) is 31.7. The lowest BCUT2D eigenvalue weighted by atomic mass is 9.78. The molecule has 0 saturated heterocycles. The standard InChI is InChI=1S/C29H29F3N6O4S2/c1-17-12-20(14-21(13-17)37-27-34-11-8-24(38-27)29(30,31)32)23-16-36-26(43-23)28(40)9-6-19(7-10-28)25(39)35-15-18-2-4-22(5-3-18)44(33,41)42/h2-5,8,11-14,16,19,40H,6-7,9-10,15H2,1H3,(H,35,39)(H2,33,41,42)(H,34,37,38)/t19-,28-. The number of carbonyl (C=O) groups excluding carboxylic acids is 1. The van der Waals surface area contributed by atoms with Crippen LogP contribution >= 0.6 is 11.3 Å². The number of primary sulfonamides is 1. The van der Waals surface area contributed by atoms with Crippen LogP contribution in [0, 0.1) is 12.8 Å². The van der Waals surface area contributed by atoms with Gasteiger partial charge in [-0.3, -0.25) is 4.79 Å². The van der Waals surface area contributed by atoms with E-state index in [0.717, 1.165) is 33.8 Å². The highest BCUT2D eigenvalue weighted by molar-refractivity contribution is 7.89. The zero-order valence-electron chi connectivity index (χ0n) is 23.4. The first-order chi connectivity index (χ1) is 20.7. The number of aromatic nitrogens is 3. The molecule has 15 heteroatoms. The van der Waals surface area contributed by atoms with Gasteiger partial charge in [-0.25, -0.2) is 28.5 Å². The predicted molar refractivity (Wildman–Crippen MR) is 158 cm³/mol. The van der Waals surface area contributed by atoms with E-state index >= 15 is 0 Å². The number of rotatable bonds is 8. The van der Waals surface area contributed by atoms with Gasteiger partial charge >= 0.3 is 6.18 Å². The van der Waals surface area contributed by atoms with Crippen molar-refractivity contribution in [1.29, 1.82) is 0 Å². The lowest BCUT2D eigenvalue weighted by Gasteiger charge is -2.33. The fraction of sp³-hybridized carbons (Fsp3) is 0.310. The Morgan fingerprint density at radius 1 is 1.11 bits per heavy atom. The van der Waals surface area contributed by atoms with E-state index < -0.39 is 27.5 Å². The highest BCUT2D eigenvalue weighted by Crippen LogP contribution is 2.43. The lowest BCUT2D eigenvalue weighted by Crippen LogP contribution is -2.38. The number of nitrogens with one attached hydrogen (secondary N) is 2. The maximum absolute atomic E-state index is 13.1. The van der Waals surface area contributed by atoms with Gasteiger partial charge in [0.25, 0.3) is 0 Å². The van der Waals surface area contributed by atoms with Crippen LogP contribution in [0.15, 0.2) is 65.8 Å². The molecule has 1 saturated carbocycles. The summed E-state index contributed by atoms with van der Waals surface area (Å²) in [7, 11) is -3.79. The highest BCUT2D eigenvalue weighted by atomic mass is 32.2. The van der Waals surface area contributed by atoms with Crippen LogP contribution in [0.25, 0.3) is 10.4 Å². The summed E-state index contributed by atoms with van der Waals surface area (Å²) in [5.74, 6) is -0.620. The van der Waals surface area contributed by atoms with Gasteiger partial charge in [0.1, 0.15) is 16.3 Å². The van der Waals surface area contributed by atoms with Crippen LogP contribution in [0.4, 0.5) is 24.8 Å². The number of hydrogen-bond donors (Lipinski definition) is 4. The number of nitrogens with zero attached hydrogens (tertiary/aromatic N) is 3. The Labute approximate surface area is 255 Å². The van der Waals surface area contributed by atoms with Crippen molar-refractivity contribution in [3.63, 3.8) is 0 Å². The van der Waals surface area contributed by atoms with Crippen molar-refractivity contribution in [2.75, 3.05) is 5.32 Å². The Balaban J connectivity index is 1.21. The van der Waals surface area contributed by atoms with E-state index in [4.69, 9.17) is 5.14 Å². The number of hydrogen-bond acceptors (Lipinski definition) is 9. The van der Waals surface area contributed by atoms with E-state index in [0.29, 0.717) is 36.4 Å². The number of aliphatic hydroxyl groups is 1. The summed E-state index contributed by atoms with van der Waals surface area (Å²) >= 11 is 1.32. The molecule has 5 rings (SSSR count). The van der Waals surface area contributed by atoms with Crippen LogP contribution in [0.1, 0.15) is 47.5 Å².